The quantitative estimate of drug-likeness (QED) is 0.522. The Kier molecular flexibility index (Phi) is 6.68. The van der Waals surface area contributed by atoms with Crippen molar-refractivity contribution in [1.29, 1.82) is 0 Å². The van der Waals surface area contributed by atoms with Crippen LogP contribution in [-0.2, 0) is 17.9 Å². The van der Waals surface area contributed by atoms with Crippen LogP contribution in [0.25, 0.3) is 11.0 Å². The standard InChI is InChI=1S/C20H26N6O3S/c1-4-28-11-15-24-16-17(12(2)13(3)23-18(16)21)25(15)8-6-9-26(20(22)30)19(27)14-7-5-10-29-14/h5,7,10H,4,6,8-9,11H2,1-3H3,(H2,21,23)(H2,22,30). The summed E-state index contributed by atoms with van der Waals surface area (Å²) < 4.78 is 12.8. The normalized spacial score (nSPS) is 11.2. The molecule has 0 saturated heterocycles. The molecule has 10 heteroatoms. The van der Waals surface area contributed by atoms with E-state index in [1.807, 2.05) is 20.8 Å². The number of nitrogens with two attached hydrogens (primary N) is 2. The number of aryl methyl sites for hydroxylation is 3. The number of thiocarbonyl (C=S) groups is 1. The van der Waals surface area contributed by atoms with Crippen LogP contribution in [0.15, 0.2) is 22.8 Å². The monoisotopic (exact) mass is 430 g/mol. The van der Waals surface area contributed by atoms with Gasteiger partial charge in [-0.3, -0.25) is 9.69 Å². The number of hydrogen-bond acceptors (Lipinski definition) is 7. The summed E-state index contributed by atoms with van der Waals surface area (Å²) in [6.07, 6.45) is 2.03. The third-order valence-electron chi connectivity index (χ3n) is 4.92. The third-order valence-corrected chi connectivity index (χ3v) is 5.14. The van der Waals surface area contributed by atoms with E-state index in [4.69, 9.17) is 32.8 Å². The molecule has 0 saturated carbocycles. The summed E-state index contributed by atoms with van der Waals surface area (Å²) in [7, 11) is 0. The van der Waals surface area contributed by atoms with Gasteiger partial charge in [-0.05, 0) is 57.1 Å². The van der Waals surface area contributed by atoms with E-state index in [1.165, 1.54) is 11.2 Å². The lowest BCUT2D eigenvalue weighted by Crippen LogP contribution is -2.41. The number of anilines is 1. The van der Waals surface area contributed by atoms with Crippen molar-refractivity contribution in [2.75, 3.05) is 18.9 Å². The van der Waals surface area contributed by atoms with Crippen LogP contribution in [0.2, 0.25) is 0 Å². The maximum Gasteiger partial charge on any atom is 0.295 e. The topological polar surface area (TPSA) is 125 Å². The van der Waals surface area contributed by atoms with Crippen molar-refractivity contribution in [2.45, 2.75) is 40.3 Å². The van der Waals surface area contributed by atoms with Crippen molar-refractivity contribution < 1.29 is 13.9 Å². The van der Waals surface area contributed by atoms with E-state index in [-0.39, 0.29) is 16.8 Å². The van der Waals surface area contributed by atoms with E-state index >= 15 is 0 Å². The SMILES string of the molecule is CCOCc1nc2c(N)nc(C)c(C)c2n1CCCN(C(=O)c1ccco1)C(N)=S. The second-order valence-corrected chi connectivity index (χ2v) is 7.27. The van der Waals surface area contributed by atoms with Gasteiger partial charge in [0.1, 0.15) is 17.9 Å². The van der Waals surface area contributed by atoms with Crippen LogP contribution >= 0.6 is 12.2 Å². The average molecular weight is 431 g/mol. The molecule has 0 fully saturated rings. The van der Waals surface area contributed by atoms with Crippen molar-refractivity contribution in [3.8, 4) is 0 Å². The summed E-state index contributed by atoms with van der Waals surface area (Å²) in [5, 5.41) is 0.00176. The van der Waals surface area contributed by atoms with Gasteiger partial charge < -0.3 is 25.2 Å². The Labute approximate surface area is 180 Å². The van der Waals surface area contributed by atoms with Gasteiger partial charge in [0.2, 0.25) is 0 Å². The fraction of sp³-hybridized carbons (Fsp3) is 0.400. The van der Waals surface area contributed by atoms with Crippen molar-refractivity contribution in [3.05, 3.63) is 41.2 Å². The van der Waals surface area contributed by atoms with Crippen LogP contribution < -0.4 is 11.5 Å². The summed E-state index contributed by atoms with van der Waals surface area (Å²) >= 11 is 5.07. The maximum atomic E-state index is 12.6. The molecule has 0 radical (unpaired) electrons. The molecule has 3 aromatic rings. The van der Waals surface area contributed by atoms with Gasteiger partial charge >= 0.3 is 0 Å². The first-order valence-electron chi connectivity index (χ1n) is 9.69. The van der Waals surface area contributed by atoms with Crippen LogP contribution in [0, 0.1) is 13.8 Å². The molecule has 3 rings (SSSR count). The Bertz CT molecular complexity index is 1060. The zero-order chi connectivity index (χ0) is 21.8. The Morgan fingerprint density at radius 3 is 2.77 bits per heavy atom. The molecule has 0 aromatic carbocycles. The zero-order valence-electron chi connectivity index (χ0n) is 17.3. The fourth-order valence-electron chi connectivity index (χ4n) is 3.32. The fourth-order valence-corrected chi connectivity index (χ4v) is 3.50. The van der Waals surface area contributed by atoms with Crippen LogP contribution in [0.4, 0.5) is 5.82 Å². The van der Waals surface area contributed by atoms with Crippen molar-refractivity contribution in [3.63, 3.8) is 0 Å². The number of amides is 1. The highest BCUT2D eigenvalue weighted by Crippen LogP contribution is 2.26. The van der Waals surface area contributed by atoms with Crippen molar-refractivity contribution in [1.82, 2.24) is 19.4 Å². The molecule has 0 atom stereocenters. The van der Waals surface area contributed by atoms with Crippen molar-refractivity contribution in [2.24, 2.45) is 5.73 Å². The Balaban J connectivity index is 1.86. The number of pyridine rings is 1. The summed E-state index contributed by atoms with van der Waals surface area (Å²) in [4.78, 5) is 23.0. The number of fused-ring (bicyclic) bond motifs is 1. The van der Waals surface area contributed by atoms with Gasteiger partial charge in [-0.2, -0.15) is 0 Å². The van der Waals surface area contributed by atoms with E-state index in [0.717, 1.165) is 22.6 Å². The maximum absolute atomic E-state index is 12.6. The van der Waals surface area contributed by atoms with Crippen LogP contribution in [0.3, 0.4) is 0 Å². The Morgan fingerprint density at radius 1 is 1.37 bits per heavy atom. The van der Waals surface area contributed by atoms with E-state index < -0.39 is 0 Å². The molecule has 30 heavy (non-hydrogen) atoms. The predicted molar refractivity (Wildman–Crippen MR) is 118 cm³/mol. The molecule has 0 bridgehead atoms. The molecule has 160 valence electrons. The summed E-state index contributed by atoms with van der Waals surface area (Å²) in [5.74, 6) is 0.979. The molecule has 1 amide bonds. The van der Waals surface area contributed by atoms with E-state index in [9.17, 15) is 4.79 Å². The highest BCUT2D eigenvalue weighted by atomic mass is 32.1. The van der Waals surface area contributed by atoms with Crippen LogP contribution in [-0.4, -0.2) is 43.6 Å². The minimum Gasteiger partial charge on any atom is -0.459 e. The lowest BCUT2D eigenvalue weighted by molar-refractivity contribution is 0.0815. The minimum absolute atomic E-state index is 0.00176. The minimum atomic E-state index is -0.363. The first kappa shape index (κ1) is 21.7. The van der Waals surface area contributed by atoms with Gasteiger partial charge in [0.25, 0.3) is 5.91 Å². The number of carbonyl (C=O) groups excluding carboxylic acids is 1. The van der Waals surface area contributed by atoms with E-state index in [1.54, 1.807) is 12.1 Å². The first-order chi connectivity index (χ1) is 14.3. The average Bonchev–Trinajstić information content (AvgIpc) is 3.36. The highest BCUT2D eigenvalue weighted by Gasteiger charge is 2.22. The molecule has 0 aliphatic rings. The number of ether oxygens (including phenoxy) is 1. The summed E-state index contributed by atoms with van der Waals surface area (Å²) in [6.45, 7) is 7.68. The number of imidazole rings is 1. The lowest BCUT2D eigenvalue weighted by atomic mass is 10.2. The second-order valence-electron chi connectivity index (χ2n) is 6.85. The number of nitrogen functional groups attached to an aromatic ring is 1. The molecule has 3 heterocycles. The molecule has 0 aliphatic carbocycles. The largest absolute Gasteiger partial charge is 0.459 e. The van der Waals surface area contributed by atoms with E-state index in [2.05, 4.69) is 14.5 Å². The number of furan rings is 1. The molecule has 3 aromatic heterocycles. The molecule has 0 spiro atoms. The van der Waals surface area contributed by atoms with Gasteiger partial charge in [-0.25, -0.2) is 9.97 Å². The number of carbonyl (C=O) groups is 1. The third kappa shape index (κ3) is 4.29. The Morgan fingerprint density at radius 2 is 2.13 bits per heavy atom. The molecule has 0 aliphatic heterocycles. The van der Waals surface area contributed by atoms with Gasteiger partial charge in [-0.15, -0.1) is 0 Å². The summed E-state index contributed by atoms with van der Waals surface area (Å²) in [5.41, 5.74) is 15.3. The molecular formula is C20H26N6O3S. The smallest absolute Gasteiger partial charge is 0.295 e. The van der Waals surface area contributed by atoms with Crippen LogP contribution in [0.5, 0.6) is 0 Å². The number of hydrogen-bond donors (Lipinski definition) is 2. The van der Waals surface area contributed by atoms with Gasteiger partial charge in [0.15, 0.2) is 16.7 Å². The Hall–Kier alpha value is -2.98. The molecular weight excluding hydrogens is 404 g/mol. The second kappa shape index (κ2) is 9.23. The van der Waals surface area contributed by atoms with Gasteiger partial charge in [0, 0.05) is 25.4 Å². The van der Waals surface area contributed by atoms with E-state index in [0.29, 0.717) is 44.1 Å². The lowest BCUT2D eigenvalue weighted by Gasteiger charge is -2.20. The molecule has 4 N–H and O–H groups in total. The molecule has 9 nitrogen and oxygen atoms in total. The van der Waals surface area contributed by atoms with Crippen LogP contribution in [0.1, 0.15) is 41.0 Å². The highest BCUT2D eigenvalue weighted by molar-refractivity contribution is 7.80. The summed E-state index contributed by atoms with van der Waals surface area (Å²) in [6, 6.07) is 3.23. The number of rotatable bonds is 8. The first-order valence-corrected chi connectivity index (χ1v) is 10.1. The molecule has 0 unspecified atom stereocenters. The number of nitrogens with zero attached hydrogens (tertiary/aromatic N) is 4. The predicted octanol–water partition coefficient (Wildman–Crippen LogP) is 2.54. The number of aromatic nitrogens is 3. The zero-order valence-corrected chi connectivity index (χ0v) is 18.2. The van der Waals surface area contributed by atoms with Gasteiger partial charge in [0.05, 0.1) is 11.8 Å². The van der Waals surface area contributed by atoms with Gasteiger partial charge in [-0.1, -0.05) is 0 Å². The van der Waals surface area contributed by atoms with Crippen molar-refractivity contribution >= 4 is 40.1 Å².